The highest BCUT2D eigenvalue weighted by Crippen LogP contribution is 2.09. The molecule has 0 aromatic rings. The molecular weight excluding hydrogens is 440 g/mol. The number of rotatable bonds is 15. The van der Waals surface area contributed by atoms with E-state index in [0.29, 0.717) is 12.2 Å². The number of nitrogens with one attached hydrogen (secondary N) is 3. The highest BCUT2D eigenvalue weighted by atomic mass is 32.2. The summed E-state index contributed by atoms with van der Waals surface area (Å²) in [6, 6.07) is -3.71. The summed E-state index contributed by atoms with van der Waals surface area (Å²) in [5, 5.41) is 17.0. The zero-order valence-electron chi connectivity index (χ0n) is 19.0. The molecule has 0 spiro atoms. The summed E-state index contributed by atoms with van der Waals surface area (Å²) in [7, 11) is 0. The molecule has 0 aliphatic rings. The van der Waals surface area contributed by atoms with Gasteiger partial charge in [0, 0.05) is 5.75 Å². The molecule has 5 atom stereocenters. The standard InChI is InChI=1S/C20H38N4O5S2/c1-6-12(4)16(21)19(27)23-14(9-11(2)3)17(25)24-15(10-30)18(26)22-13(20(28)29)7-8-31-5/h11-16,30H,6-10,21H2,1-5H3,(H,22,26)(H,23,27)(H,24,25)(H,28,29). The highest BCUT2D eigenvalue weighted by molar-refractivity contribution is 7.98. The first-order valence-corrected chi connectivity index (χ1v) is 12.5. The van der Waals surface area contributed by atoms with Gasteiger partial charge in [0.25, 0.3) is 0 Å². The van der Waals surface area contributed by atoms with Crippen LogP contribution in [0.4, 0.5) is 0 Å². The van der Waals surface area contributed by atoms with Crippen molar-refractivity contribution in [3.63, 3.8) is 0 Å². The lowest BCUT2D eigenvalue weighted by atomic mass is 9.97. The summed E-state index contributed by atoms with van der Waals surface area (Å²) in [4.78, 5) is 49.2. The molecule has 6 N–H and O–H groups in total. The highest BCUT2D eigenvalue weighted by Gasteiger charge is 2.30. The summed E-state index contributed by atoms with van der Waals surface area (Å²) < 4.78 is 0. The molecule has 0 bridgehead atoms. The van der Waals surface area contributed by atoms with Crippen LogP contribution in [-0.2, 0) is 19.2 Å². The Morgan fingerprint density at radius 2 is 1.48 bits per heavy atom. The van der Waals surface area contributed by atoms with Crippen molar-refractivity contribution in [3.8, 4) is 0 Å². The zero-order chi connectivity index (χ0) is 24.1. The smallest absolute Gasteiger partial charge is 0.326 e. The van der Waals surface area contributed by atoms with E-state index in [-0.39, 0.29) is 24.0 Å². The second-order valence-electron chi connectivity index (χ2n) is 8.03. The number of nitrogens with two attached hydrogens (primary N) is 1. The van der Waals surface area contributed by atoms with Gasteiger partial charge in [-0.25, -0.2) is 4.79 Å². The van der Waals surface area contributed by atoms with Crippen LogP contribution in [0.25, 0.3) is 0 Å². The minimum Gasteiger partial charge on any atom is -0.480 e. The maximum Gasteiger partial charge on any atom is 0.326 e. The van der Waals surface area contributed by atoms with Crippen LogP contribution in [0, 0.1) is 11.8 Å². The molecule has 0 aliphatic heterocycles. The van der Waals surface area contributed by atoms with Gasteiger partial charge in [-0.3, -0.25) is 14.4 Å². The van der Waals surface area contributed by atoms with Crippen LogP contribution in [-0.4, -0.2) is 70.7 Å². The maximum atomic E-state index is 12.8. The first-order chi connectivity index (χ1) is 14.5. The molecule has 3 amide bonds. The van der Waals surface area contributed by atoms with Crippen LogP contribution >= 0.6 is 24.4 Å². The molecule has 31 heavy (non-hydrogen) atoms. The van der Waals surface area contributed by atoms with Gasteiger partial charge in [-0.15, -0.1) is 0 Å². The predicted molar refractivity (Wildman–Crippen MR) is 127 cm³/mol. The van der Waals surface area contributed by atoms with Crippen LogP contribution < -0.4 is 21.7 Å². The van der Waals surface area contributed by atoms with E-state index in [1.807, 2.05) is 34.0 Å². The minimum atomic E-state index is -1.14. The van der Waals surface area contributed by atoms with Crippen molar-refractivity contribution in [1.82, 2.24) is 16.0 Å². The summed E-state index contributed by atoms with van der Waals surface area (Å²) in [6.07, 6.45) is 3.18. The number of hydrogen-bond donors (Lipinski definition) is 6. The average Bonchev–Trinajstić information content (AvgIpc) is 2.72. The molecule has 9 nitrogen and oxygen atoms in total. The Bertz CT molecular complexity index is 606. The molecule has 0 radical (unpaired) electrons. The topological polar surface area (TPSA) is 151 Å². The van der Waals surface area contributed by atoms with Gasteiger partial charge in [0.05, 0.1) is 6.04 Å². The number of carboxylic acid groups (broad SMARTS) is 1. The lowest BCUT2D eigenvalue weighted by molar-refractivity contribution is -0.142. The van der Waals surface area contributed by atoms with Crippen molar-refractivity contribution in [2.45, 2.75) is 71.1 Å². The van der Waals surface area contributed by atoms with Crippen molar-refractivity contribution in [2.75, 3.05) is 17.8 Å². The molecule has 0 rings (SSSR count). The van der Waals surface area contributed by atoms with Gasteiger partial charge in [-0.1, -0.05) is 34.1 Å². The van der Waals surface area contributed by atoms with Crippen molar-refractivity contribution in [3.05, 3.63) is 0 Å². The molecule has 0 fully saturated rings. The van der Waals surface area contributed by atoms with Gasteiger partial charge in [-0.05, 0) is 36.7 Å². The van der Waals surface area contributed by atoms with Gasteiger partial charge >= 0.3 is 5.97 Å². The Kier molecular flexibility index (Phi) is 14.6. The zero-order valence-corrected chi connectivity index (χ0v) is 20.7. The number of carboxylic acids is 1. The second-order valence-corrected chi connectivity index (χ2v) is 9.38. The SMILES string of the molecule is CCC(C)C(N)C(=O)NC(CC(C)C)C(=O)NC(CS)C(=O)NC(CCSC)C(=O)O. The van der Waals surface area contributed by atoms with E-state index in [0.717, 1.165) is 6.42 Å². The van der Waals surface area contributed by atoms with Crippen LogP contribution in [0.3, 0.4) is 0 Å². The van der Waals surface area contributed by atoms with Crippen molar-refractivity contribution in [1.29, 1.82) is 0 Å². The van der Waals surface area contributed by atoms with Crippen LogP contribution in [0.15, 0.2) is 0 Å². The van der Waals surface area contributed by atoms with E-state index in [2.05, 4.69) is 28.6 Å². The number of hydrogen-bond acceptors (Lipinski definition) is 7. The lowest BCUT2D eigenvalue weighted by Crippen LogP contribution is -2.58. The van der Waals surface area contributed by atoms with Crippen LogP contribution in [0.1, 0.15) is 47.0 Å². The number of amides is 3. The van der Waals surface area contributed by atoms with E-state index in [9.17, 15) is 24.3 Å². The summed E-state index contributed by atoms with van der Waals surface area (Å²) in [6.45, 7) is 7.61. The molecule has 0 aromatic carbocycles. The Morgan fingerprint density at radius 3 is 1.94 bits per heavy atom. The Labute approximate surface area is 194 Å². The van der Waals surface area contributed by atoms with E-state index < -0.39 is 47.9 Å². The minimum absolute atomic E-state index is 0.0266. The molecule has 11 heteroatoms. The van der Waals surface area contributed by atoms with E-state index >= 15 is 0 Å². The quantitative estimate of drug-likeness (QED) is 0.189. The van der Waals surface area contributed by atoms with Gasteiger partial charge < -0.3 is 26.8 Å². The van der Waals surface area contributed by atoms with Gasteiger partial charge in [0.2, 0.25) is 17.7 Å². The molecule has 180 valence electrons. The normalized spacial score (nSPS) is 16.0. The second kappa shape index (κ2) is 15.4. The van der Waals surface area contributed by atoms with E-state index in [1.165, 1.54) is 11.8 Å². The Morgan fingerprint density at radius 1 is 0.968 bits per heavy atom. The molecule has 5 unspecified atom stereocenters. The van der Waals surface area contributed by atoms with Crippen molar-refractivity contribution in [2.24, 2.45) is 17.6 Å². The maximum absolute atomic E-state index is 12.8. The van der Waals surface area contributed by atoms with E-state index in [4.69, 9.17) is 5.73 Å². The fraction of sp³-hybridized carbons (Fsp3) is 0.800. The van der Waals surface area contributed by atoms with Crippen LogP contribution in [0.5, 0.6) is 0 Å². The molecule has 0 heterocycles. The van der Waals surface area contributed by atoms with E-state index in [1.54, 1.807) is 0 Å². The molecule has 0 aliphatic carbocycles. The summed E-state index contributed by atoms with van der Waals surface area (Å²) in [5.74, 6) is -2.16. The predicted octanol–water partition coefficient (Wildman–Crippen LogP) is 0.628. The number of carbonyl (C=O) groups is 4. The van der Waals surface area contributed by atoms with Crippen molar-refractivity contribution < 1.29 is 24.3 Å². The van der Waals surface area contributed by atoms with Gasteiger partial charge in [-0.2, -0.15) is 24.4 Å². The molecule has 0 aromatic heterocycles. The third kappa shape index (κ3) is 11.1. The first-order valence-electron chi connectivity index (χ1n) is 10.5. The third-order valence-electron chi connectivity index (χ3n) is 4.94. The molecule has 0 saturated carbocycles. The fourth-order valence-electron chi connectivity index (χ4n) is 2.72. The number of thiol groups is 1. The molecule has 0 saturated heterocycles. The first kappa shape index (κ1) is 29.5. The average molecular weight is 479 g/mol. The van der Waals surface area contributed by atoms with Crippen LogP contribution in [0.2, 0.25) is 0 Å². The van der Waals surface area contributed by atoms with Gasteiger partial charge in [0.1, 0.15) is 18.1 Å². The lowest BCUT2D eigenvalue weighted by Gasteiger charge is -2.26. The summed E-state index contributed by atoms with van der Waals surface area (Å²) >= 11 is 5.59. The Balaban J connectivity index is 5.23. The number of carbonyl (C=O) groups excluding carboxylic acids is 3. The van der Waals surface area contributed by atoms with Gasteiger partial charge in [0.15, 0.2) is 0 Å². The third-order valence-corrected chi connectivity index (χ3v) is 5.95. The fourth-order valence-corrected chi connectivity index (χ4v) is 3.44. The number of aliphatic carboxylic acids is 1. The molecular formula is C20H38N4O5S2. The monoisotopic (exact) mass is 478 g/mol. The number of thioether (sulfide) groups is 1. The Hall–Kier alpha value is -1.46. The largest absolute Gasteiger partial charge is 0.480 e. The summed E-state index contributed by atoms with van der Waals surface area (Å²) in [5.41, 5.74) is 5.97. The van der Waals surface area contributed by atoms with Crippen molar-refractivity contribution >= 4 is 48.1 Å².